The molecule has 232 valence electrons. The van der Waals surface area contributed by atoms with E-state index in [4.69, 9.17) is 46.0 Å². The number of nitrogens with two attached hydrogens (primary N) is 3. The van der Waals surface area contributed by atoms with Crippen molar-refractivity contribution in [3.05, 3.63) is 0 Å². The van der Waals surface area contributed by atoms with Crippen molar-refractivity contribution in [3.8, 4) is 0 Å². The van der Waals surface area contributed by atoms with Crippen molar-refractivity contribution >= 4 is 0 Å². The predicted molar refractivity (Wildman–Crippen MR) is 161 cm³/mol. The number of ether oxygens (including phenoxy) is 5. The summed E-state index contributed by atoms with van der Waals surface area (Å²) in [6.45, 7) is 15.7. The van der Waals surface area contributed by atoms with Gasteiger partial charge in [0.05, 0.1) is 58.0 Å². The minimum Gasteiger partial charge on any atom is -0.394 e. The molecule has 0 aromatic carbocycles. The highest BCUT2D eigenvalue weighted by Gasteiger charge is 2.05. The quantitative estimate of drug-likeness (QED) is 0.187. The van der Waals surface area contributed by atoms with E-state index in [1.54, 1.807) is 0 Å². The van der Waals surface area contributed by atoms with Crippen LogP contribution < -0.4 is 17.2 Å². The summed E-state index contributed by atoms with van der Waals surface area (Å²) in [6, 6.07) is 0.179. The third kappa shape index (κ3) is 50.5. The molecule has 6 unspecified atom stereocenters. The van der Waals surface area contributed by atoms with E-state index in [2.05, 4.69) is 0 Å². The van der Waals surface area contributed by atoms with Gasteiger partial charge in [-0.1, -0.05) is 44.6 Å². The Balaban J connectivity index is -0.0000000760. The van der Waals surface area contributed by atoms with Crippen LogP contribution in [0.4, 0.5) is 0 Å². The van der Waals surface area contributed by atoms with Crippen LogP contribution in [0.15, 0.2) is 0 Å². The van der Waals surface area contributed by atoms with Gasteiger partial charge in [-0.05, 0) is 48.0 Å². The Labute approximate surface area is 228 Å². The summed E-state index contributed by atoms with van der Waals surface area (Å²) in [5, 5.41) is 8.48. The van der Waals surface area contributed by atoms with Crippen LogP contribution in [0.2, 0.25) is 0 Å². The Morgan fingerprint density at radius 3 is 1.03 bits per heavy atom. The van der Waals surface area contributed by atoms with E-state index in [1.165, 1.54) is 0 Å². The largest absolute Gasteiger partial charge is 0.394 e. The average Bonchev–Trinajstić information content (AvgIpc) is 2.68. The summed E-state index contributed by atoms with van der Waals surface area (Å²) >= 11 is 0. The molecule has 0 rings (SSSR count). The fourth-order valence-corrected chi connectivity index (χ4v) is 1.86. The molecule has 0 heterocycles. The third-order valence-corrected chi connectivity index (χ3v) is 3.47. The zero-order valence-electron chi connectivity index (χ0n) is 20.0. The molecule has 6 atom stereocenters. The Morgan fingerprint density at radius 1 is 0.500 bits per heavy atom. The lowest BCUT2D eigenvalue weighted by Crippen LogP contribution is -2.27. The molecule has 36 heavy (non-hydrogen) atoms. The van der Waals surface area contributed by atoms with Gasteiger partial charge in [0.2, 0.25) is 0 Å². The first-order valence-corrected chi connectivity index (χ1v) is 11.0. The van der Waals surface area contributed by atoms with E-state index in [9.17, 15) is 0 Å². The minimum absolute atomic E-state index is 0. The standard InChI is InChI=1S/C15H34N2O4.C6H15NO2.6CH4/c1-12(16)8-20-14(3)10-18-6-5-7-19-11-15(4)21-9-13(2)17;1-5(7)4-9-6(2)3-8;;;;;;/h12-15H,5-11,16-17H2,1-4H3;5-6,8H,3-4,7H2,1-2H3;6*1H4. The summed E-state index contributed by atoms with van der Waals surface area (Å²) in [4.78, 5) is 0. The zero-order valence-corrected chi connectivity index (χ0v) is 20.0. The first-order chi connectivity index (χ1) is 14.1. The first kappa shape index (κ1) is 56.0. The topological polar surface area (TPSA) is 144 Å². The van der Waals surface area contributed by atoms with E-state index in [1.807, 2.05) is 41.5 Å². The van der Waals surface area contributed by atoms with Crippen LogP contribution in [0.25, 0.3) is 0 Å². The van der Waals surface area contributed by atoms with E-state index >= 15 is 0 Å². The Morgan fingerprint density at radius 2 is 0.778 bits per heavy atom. The van der Waals surface area contributed by atoms with Crippen LogP contribution in [0, 0.1) is 0 Å². The number of rotatable bonds is 18. The Kier molecular flexibility index (Phi) is 60.9. The van der Waals surface area contributed by atoms with Crippen molar-refractivity contribution in [2.75, 3.05) is 52.9 Å². The molecule has 0 saturated heterocycles. The van der Waals surface area contributed by atoms with Gasteiger partial charge in [0.15, 0.2) is 0 Å². The van der Waals surface area contributed by atoms with Crippen LogP contribution in [-0.2, 0) is 23.7 Å². The first-order valence-electron chi connectivity index (χ1n) is 11.0. The van der Waals surface area contributed by atoms with Gasteiger partial charge in [-0.15, -0.1) is 0 Å². The summed E-state index contributed by atoms with van der Waals surface area (Å²) in [6.07, 6.45) is 0.920. The van der Waals surface area contributed by atoms with Gasteiger partial charge in [0, 0.05) is 31.3 Å². The number of aliphatic hydroxyl groups is 1. The molecule has 9 nitrogen and oxygen atoms in total. The number of hydrogen-bond donors (Lipinski definition) is 4. The molecule has 0 bridgehead atoms. The second kappa shape index (κ2) is 39.2. The zero-order chi connectivity index (χ0) is 23.4. The minimum atomic E-state index is -0.0870. The van der Waals surface area contributed by atoms with Crippen molar-refractivity contribution < 1.29 is 28.8 Å². The van der Waals surface area contributed by atoms with Gasteiger partial charge >= 0.3 is 0 Å². The summed E-state index contributed by atoms with van der Waals surface area (Å²) < 4.78 is 27.1. The van der Waals surface area contributed by atoms with Crippen LogP contribution in [0.5, 0.6) is 0 Å². The van der Waals surface area contributed by atoms with E-state index < -0.39 is 0 Å². The molecule has 0 spiro atoms. The third-order valence-electron chi connectivity index (χ3n) is 3.47. The van der Waals surface area contributed by atoms with Crippen LogP contribution in [0.3, 0.4) is 0 Å². The van der Waals surface area contributed by atoms with Crippen molar-refractivity contribution in [2.45, 2.75) is 129 Å². The summed E-state index contributed by atoms with van der Waals surface area (Å²) in [5.41, 5.74) is 16.6. The van der Waals surface area contributed by atoms with Crippen LogP contribution in [-0.4, -0.2) is 94.4 Å². The molecule has 9 heteroatoms. The maximum absolute atomic E-state index is 8.48. The molecular formula is C27H73N3O6. The molecule has 0 aromatic heterocycles. The highest BCUT2D eigenvalue weighted by atomic mass is 16.5. The van der Waals surface area contributed by atoms with Crippen LogP contribution >= 0.6 is 0 Å². The fourth-order valence-electron chi connectivity index (χ4n) is 1.86. The number of hydrogen-bond acceptors (Lipinski definition) is 9. The maximum Gasteiger partial charge on any atom is 0.0781 e. The Hall–Kier alpha value is -0.360. The van der Waals surface area contributed by atoms with Gasteiger partial charge < -0.3 is 46.0 Å². The molecule has 0 aliphatic rings. The molecule has 0 aliphatic carbocycles. The summed E-state index contributed by atoms with van der Waals surface area (Å²) in [7, 11) is 0. The van der Waals surface area contributed by atoms with Gasteiger partial charge in [0.1, 0.15) is 0 Å². The van der Waals surface area contributed by atoms with Gasteiger partial charge in [-0.2, -0.15) is 0 Å². The molecule has 0 aliphatic heterocycles. The van der Waals surface area contributed by atoms with Crippen molar-refractivity contribution in [1.29, 1.82) is 0 Å². The molecule has 0 aromatic rings. The summed E-state index contributed by atoms with van der Waals surface area (Å²) in [5.74, 6) is 0. The average molecular weight is 536 g/mol. The molecule has 0 fully saturated rings. The van der Waals surface area contributed by atoms with Crippen molar-refractivity contribution in [3.63, 3.8) is 0 Å². The molecule has 0 saturated carbocycles. The second-order valence-corrected chi connectivity index (χ2v) is 8.05. The molecule has 0 radical (unpaired) electrons. The second-order valence-electron chi connectivity index (χ2n) is 8.05. The SMILES string of the molecule is C.C.C.C.C.C.CC(N)COC(C)CO.CC(N)COC(C)COCCCOCC(C)OCC(C)N. The van der Waals surface area contributed by atoms with E-state index in [0.29, 0.717) is 46.2 Å². The molecule has 7 N–H and O–H groups in total. The highest BCUT2D eigenvalue weighted by Crippen LogP contribution is 1.97. The lowest BCUT2D eigenvalue weighted by molar-refractivity contribution is -0.0273. The molecule has 0 amide bonds. The van der Waals surface area contributed by atoms with Crippen LogP contribution in [0.1, 0.15) is 92.5 Å². The van der Waals surface area contributed by atoms with Gasteiger partial charge in [-0.25, -0.2) is 0 Å². The maximum atomic E-state index is 8.48. The van der Waals surface area contributed by atoms with E-state index in [0.717, 1.165) is 6.42 Å². The van der Waals surface area contributed by atoms with Crippen molar-refractivity contribution in [1.82, 2.24) is 0 Å². The lowest BCUT2D eigenvalue weighted by Gasteiger charge is -2.16. The number of aliphatic hydroxyl groups excluding tert-OH is 1. The fraction of sp³-hybridized carbons (Fsp3) is 1.00. The van der Waals surface area contributed by atoms with Gasteiger partial charge in [-0.3, -0.25) is 0 Å². The predicted octanol–water partition coefficient (Wildman–Crippen LogP) is 4.46. The van der Waals surface area contributed by atoms with E-state index in [-0.39, 0.29) is 87.6 Å². The Bertz CT molecular complexity index is 329. The lowest BCUT2D eigenvalue weighted by atomic mass is 10.4. The van der Waals surface area contributed by atoms with Crippen molar-refractivity contribution in [2.24, 2.45) is 17.2 Å². The normalized spacial score (nSPS) is 14.5. The van der Waals surface area contributed by atoms with Gasteiger partial charge in [0.25, 0.3) is 0 Å². The smallest absolute Gasteiger partial charge is 0.0781 e. The highest BCUT2D eigenvalue weighted by molar-refractivity contribution is 4.55. The monoisotopic (exact) mass is 536 g/mol. The molecular weight excluding hydrogens is 462 g/mol.